The minimum Gasteiger partial charge on any atom is -0.328 e. The van der Waals surface area contributed by atoms with Crippen LogP contribution in [0.2, 0.25) is 0 Å². The smallest absolute Gasteiger partial charge is 0.182 e. The van der Waals surface area contributed by atoms with Crippen molar-refractivity contribution in [2.45, 2.75) is 44.6 Å². The average Bonchev–Trinajstić information content (AvgIpc) is 3.12. The van der Waals surface area contributed by atoms with E-state index in [9.17, 15) is 9.60 Å². The Bertz CT molecular complexity index is 864. The predicted octanol–water partition coefficient (Wildman–Crippen LogP) is 3.50. The molecule has 1 saturated carbocycles. The lowest BCUT2D eigenvalue weighted by atomic mass is 9.83. The van der Waals surface area contributed by atoms with E-state index in [2.05, 4.69) is 31.2 Å². The van der Waals surface area contributed by atoms with Crippen LogP contribution in [0.15, 0.2) is 32.3 Å². The molecule has 3 rings (SSSR count). The number of nitrogens with one attached hydrogen (secondary N) is 2. The summed E-state index contributed by atoms with van der Waals surface area (Å²) < 4.78 is 18.4. The highest BCUT2D eigenvalue weighted by Gasteiger charge is 2.22. The summed E-state index contributed by atoms with van der Waals surface area (Å²) in [6, 6.07) is 4.46. The predicted molar refractivity (Wildman–Crippen MR) is 105 cm³/mol. The Hall–Kier alpha value is -2.17. The maximum absolute atomic E-state index is 13.4. The summed E-state index contributed by atoms with van der Waals surface area (Å²) >= 11 is 3.09. The van der Waals surface area contributed by atoms with Gasteiger partial charge < -0.3 is 11.1 Å². The molecule has 0 unspecified atom stereocenters. The van der Waals surface area contributed by atoms with Gasteiger partial charge in [-0.05, 0) is 77.3 Å². The molecule has 150 valence electrons. The molecular formula is C18H22BrFN6O2. The molecule has 5 N–H and O–H groups in total. The number of rotatable bonds is 6. The number of benzene rings is 1. The van der Waals surface area contributed by atoms with Crippen molar-refractivity contribution in [2.24, 2.45) is 16.6 Å². The number of halogens is 2. The van der Waals surface area contributed by atoms with Crippen LogP contribution in [0.1, 0.15) is 43.5 Å². The number of hydrogen-bond acceptors (Lipinski definition) is 7. The van der Waals surface area contributed by atoms with E-state index < -0.39 is 5.82 Å². The highest BCUT2D eigenvalue weighted by molar-refractivity contribution is 9.10. The van der Waals surface area contributed by atoms with Crippen molar-refractivity contribution >= 4 is 33.2 Å². The van der Waals surface area contributed by atoms with Crippen LogP contribution in [0.5, 0.6) is 0 Å². The lowest BCUT2D eigenvalue weighted by molar-refractivity contribution is 0.234. The third kappa shape index (κ3) is 5.21. The van der Waals surface area contributed by atoms with E-state index in [4.69, 9.17) is 15.8 Å². The van der Waals surface area contributed by atoms with Gasteiger partial charge in [-0.25, -0.2) is 14.0 Å². The Kier molecular flexibility index (Phi) is 6.87. The maximum atomic E-state index is 13.4. The van der Waals surface area contributed by atoms with Crippen molar-refractivity contribution in [3.8, 4) is 0 Å². The fraction of sp³-hybridized carbons (Fsp3) is 0.444. The van der Waals surface area contributed by atoms with E-state index in [1.807, 2.05) is 5.48 Å². The molecule has 0 saturated heterocycles. The molecule has 2 aromatic rings. The second-order valence-corrected chi connectivity index (χ2v) is 7.85. The first kappa shape index (κ1) is 20.6. The number of amidine groups is 1. The summed E-state index contributed by atoms with van der Waals surface area (Å²) in [7, 11) is 0. The zero-order valence-corrected chi connectivity index (χ0v) is 16.7. The summed E-state index contributed by atoms with van der Waals surface area (Å²) in [6.07, 6.45) is 4.95. The Morgan fingerprint density at radius 2 is 2.11 bits per heavy atom. The summed E-state index contributed by atoms with van der Waals surface area (Å²) in [5.74, 6) is 0.0424. The molecule has 1 aliphatic rings. The van der Waals surface area contributed by atoms with E-state index in [1.165, 1.54) is 18.2 Å². The first-order valence-corrected chi connectivity index (χ1v) is 9.83. The van der Waals surface area contributed by atoms with E-state index in [0.717, 1.165) is 25.7 Å². The van der Waals surface area contributed by atoms with Gasteiger partial charge in [-0.2, -0.15) is 0 Å². The monoisotopic (exact) mass is 452 g/mol. The zero-order valence-electron chi connectivity index (χ0n) is 15.2. The Morgan fingerprint density at radius 1 is 1.36 bits per heavy atom. The third-order valence-electron chi connectivity index (χ3n) is 4.84. The molecule has 0 radical (unpaired) electrons. The Balaban J connectivity index is 1.71. The van der Waals surface area contributed by atoms with Gasteiger partial charge >= 0.3 is 0 Å². The number of hydrogen-bond donors (Lipinski definition) is 4. The SMILES string of the molecule is N=C(Cc1nonc1C(=Nc1ccc(F)c(Br)c1)NO)CC1CCC(N)CC1. The van der Waals surface area contributed by atoms with Crippen LogP contribution < -0.4 is 11.2 Å². The van der Waals surface area contributed by atoms with Gasteiger partial charge in [0.05, 0.1) is 10.2 Å². The quantitative estimate of drug-likeness (QED) is 0.301. The normalized spacial score (nSPS) is 20.2. The summed E-state index contributed by atoms with van der Waals surface area (Å²) in [5, 5.41) is 25.4. The first-order chi connectivity index (χ1) is 13.5. The van der Waals surface area contributed by atoms with E-state index in [0.29, 0.717) is 29.4 Å². The van der Waals surface area contributed by atoms with Gasteiger partial charge in [0.1, 0.15) is 11.5 Å². The van der Waals surface area contributed by atoms with Crippen LogP contribution >= 0.6 is 15.9 Å². The van der Waals surface area contributed by atoms with Gasteiger partial charge in [-0.15, -0.1) is 0 Å². The number of aromatic nitrogens is 2. The second-order valence-electron chi connectivity index (χ2n) is 7.00. The van der Waals surface area contributed by atoms with Crippen LogP contribution in [-0.2, 0) is 6.42 Å². The summed E-state index contributed by atoms with van der Waals surface area (Å²) in [5.41, 5.74) is 9.43. The van der Waals surface area contributed by atoms with Crippen LogP contribution in [0.4, 0.5) is 10.1 Å². The molecule has 1 aromatic carbocycles. The van der Waals surface area contributed by atoms with Crippen molar-refractivity contribution in [1.29, 1.82) is 5.41 Å². The molecule has 1 heterocycles. The van der Waals surface area contributed by atoms with E-state index in [-0.39, 0.29) is 28.5 Å². The standard InChI is InChI=1S/C18H22BrFN6O2/c19-14-9-13(5-6-15(14)20)23-18(24-27)17-16(25-28-26-17)8-12(22)7-10-1-3-11(21)4-2-10/h5-6,9-11,22,27H,1-4,7-8,21H2,(H,23,24). The van der Waals surface area contributed by atoms with Gasteiger partial charge in [0.15, 0.2) is 11.5 Å². The van der Waals surface area contributed by atoms with Crippen molar-refractivity contribution in [3.05, 3.63) is 39.9 Å². The van der Waals surface area contributed by atoms with Gasteiger partial charge in [0.25, 0.3) is 0 Å². The van der Waals surface area contributed by atoms with E-state index in [1.54, 1.807) is 0 Å². The topological polar surface area (TPSA) is 133 Å². The Labute approximate surface area is 170 Å². The second kappa shape index (κ2) is 9.35. The lowest BCUT2D eigenvalue weighted by Crippen LogP contribution is -2.27. The van der Waals surface area contributed by atoms with Gasteiger partial charge in [0.2, 0.25) is 0 Å². The molecule has 0 aliphatic heterocycles. The number of aliphatic imine (C=N–C) groups is 1. The molecule has 0 spiro atoms. The fourth-order valence-electron chi connectivity index (χ4n) is 3.33. The zero-order chi connectivity index (χ0) is 20.1. The molecule has 8 nitrogen and oxygen atoms in total. The van der Waals surface area contributed by atoms with Crippen LogP contribution in [0.3, 0.4) is 0 Å². The van der Waals surface area contributed by atoms with Gasteiger partial charge in [-0.1, -0.05) is 5.16 Å². The Morgan fingerprint density at radius 3 is 2.79 bits per heavy atom. The minimum absolute atomic E-state index is 0.00574. The number of nitrogens with zero attached hydrogens (tertiary/aromatic N) is 3. The molecule has 1 aromatic heterocycles. The molecule has 1 aliphatic carbocycles. The fourth-order valence-corrected chi connectivity index (χ4v) is 3.70. The first-order valence-electron chi connectivity index (χ1n) is 9.03. The molecule has 1 fully saturated rings. The molecule has 0 atom stereocenters. The third-order valence-corrected chi connectivity index (χ3v) is 5.45. The summed E-state index contributed by atoms with van der Waals surface area (Å²) in [6.45, 7) is 0. The van der Waals surface area contributed by atoms with E-state index >= 15 is 0 Å². The molecule has 10 heteroatoms. The molecule has 0 amide bonds. The largest absolute Gasteiger partial charge is 0.328 e. The average molecular weight is 453 g/mol. The van der Waals surface area contributed by atoms with Crippen LogP contribution in [-0.4, -0.2) is 33.1 Å². The van der Waals surface area contributed by atoms with Crippen LogP contribution in [0.25, 0.3) is 0 Å². The van der Waals surface area contributed by atoms with Crippen molar-refractivity contribution < 1.29 is 14.2 Å². The minimum atomic E-state index is -0.418. The number of hydroxylamine groups is 1. The highest BCUT2D eigenvalue weighted by Crippen LogP contribution is 2.27. The van der Waals surface area contributed by atoms with Crippen molar-refractivity contribution in [2.75, 3.05) is 0 Å². The van der Waals surface area contributed by atoms with Gasteiger partial charge in [0, 0.05) is 18.2 Å². The van der Waals surface area contributed by atoms with Crippen LogP contribution in [0, 0.1) is 17.1 Å². The lowest BCUT2D eigenvalue weighted by Gasteiger charge is -2.26. The summed E-state index contributed by atoms with van der Waals surface area (Å²) in [4.78, 5) is 4.23. The molecule has 28 heavy (non-hydrogen) atoms. The van der Waals surface area contributed by atoms with Crippen molar-refractivity contribution in [1.82, 2.24) is 15.8 Å². The maximum Gasteiger partial charge on any atom is 0.182 e. The highest BCUT2D eigenvalue weighted by atomic mass is 79.9. The van der Waals surface area contributed by atoms with Crippen molar-refractivity contribution in [3.63, 3.8) is 0 Å². The molecular weight excluding hydrogens is 431 g/mol. The number of nitrogens with two attached hydrogens (primary N) is 1. The molecule has 0 bridgehead atoms. The van der Waals surface area contributed by atoms with Gasteiger partial charge in [-0.3, -0.25) is 10.7 Å².